The average Bonchev–Trinajstić information content (AvgIpc) is 2.92. The van der Waals surface area contributed by atoms with Gasteiger partial charge in [-0.1, -0.05) is 24.0 Å². The van der Waals surface area contributed by atoms with Gasteiger partial charge in [0.1, 0.15) is 5.82 Å². The van der Waals surface area contributed by atoms with E-state index in [2.05, 4.69) is 11.8 Å². The van der Waals surface area contributed by atoms with Crippen LogP contribution in [0.1, 0.15) is 20.8 Å². The summed E-state index contributed by atoms with van der Waals surface area (Å²) in [5.41, 5.74) is 6.37. The van der Waals surface area contributed by atoms with Crippen LogP contribution in [-0.4, -0.2) is 24.4 Å². The van der Waals surface area contributed by atoms with E-state index >= 15 is 0 Å². The second-order valence-electron chi connectivity index (χ2n) is 4.47. The molecule has 1 heterocycles. The number of halogens is 1. The molecule has 0 unspecified atom stereocenters. The van der Waals surface area contributed by atoms with Gasteiger partial charge in [-0.3, -0.25) is 4.79 Å². The summed E-state index contributed by atoms with van der Waals surface area (Å²) in [6, 6.07) is 7.90. The molecule has 0 bridgehead atoms. The second-order valence-corrected chi connectivity index (χ2v) is 5.38. The molecule has 0 aliphatic rings. The molecule has 0 saturated heterocycles. The lowest BCUT2D eigenvalue weighted by molar-refractivity contribution is 0.0780. The lowest BCUT2D eigenvalue weighted by Crippen LogP contribution is -2.26. The Morgan fingerprint density at radius 3 is 2.90 bits per heavy atom. The molecule has 108 valence electrons. The van der Waals surface area contributed by atoms with Crippen LogP contribution in [0, 0.1) is 17.7 Å². The van der Waals surface area contributed by atoms with Crippen LogP contribution in [0.2, 0.25) is 0 Å². The molecular formula is C16H15FN2OS. The predicted octanol–water partition coefficient (Wildman–Crippen LogP) is 2.47. The van der Waals surface area contributed by atoms with Gasteiger partial charge >= 0.3 is 0 Å². The maximum atomic E-state index is 13.6. The van der Waals surface area contributed by atoms with Crippen molar-refractivity contribution >= 4 is 17.2 Å². The molecule has 0 aliphatic carbocycles. The molecule has 2 N–H and O–H groups in total. The van der Waals surface area contributed by atoms with E-state index in [1.54, 1.807) is 19.2 Å². The van der Waals surface area contributed by atoms with E-state index in [1.165, 1.54) is 28.4 Å². The summed E-state index contributed by atoms with van der Waals surface area (Å²) in [6.45, 7) is 0.729. The molecule has 21 heavy (non-hydrogen) atoms. The van der Waals surface area contributed by atoms with Crippen LogP contribution in [0.25, 0.3) is 0 Å². The normalized spacial score (nSPS) is 9.86. The number of carbonyl (C=O) groups excluding carboxylic acids is 1. The molecule has 0 fully saturated rings. The van der Waals surface area contributed by atoms with E-state index in [1.807, 2.05) is 11.4 Å². The highest BCUT2D eigenvalue weighted by molar-refractivity contribution is 7.10. The monoisotopic (exact) mass is 302 g/mol. The van der Waals surface area contributed by atoms with Gasteiger partial charge in [0.25, 0.3) is 5.91 Å². The largest absolute Gasteiger partial charge is 0.337 e. The first-order valence-corrected chi connectivity index (χ1v) is 7.26. The van der Waals surface area contributed by atoms with Gasteiger partial charge in [-0.05, 0) is 29.1 Å². The molecular weight excluding hydrogens is 287 g/mol. The van der Waals surface area contributed by atoms with Crippen molar-refractivity contribution in [3.8, 4) is 11.8 Å². The summed E-state index contributed by atoms with van der Waals surface area (Å²) in [5.74, 6) is 4.89. The van der Waals surface area contributed by atoms with Crippen molar-refractivity contribution in [2.24, 2.45) is 5.73 Å². The highest BCUT2D eigenvalue weighted by atomic mass is 32.1. The Morgan fingerprint density at radius 1 is 1.43 bits per heavy atom. The maximum Gasteiger partial charge on any atom is 0.256 e. The summed E-state index contributed by atoms with van der Waals surface area (Å²) in [4.78, 5) is 14.6. The van der Waals surface area contributed by atoms with Crippen LogP contribution in [0.5, 0.6) is 0 Å². The van der Waals surface area contributed by atoms with Crippen LogP contribution in [0.3, 0.4) is 0 Å². The topological polar surface area (TPSA) is 46.3 Å². The summed E-state index contributed by atoms with van der Waals surface area (Å²) in [5, 5.41) is 1.94. The first-order valence-electron chi connectivity index (χ1n) is 6.38. The zero-order valence-corrected chi connectivity index (χ0v) is 12.4. The molecule has 1 aromatic heterocycles. The first-order chi connectivity index (χ1) is 10.1. The molecule has 0 aliphatic heterocycles. The zero-order valence-electron chi connectivity index (χ0n) is 11.6. The Balaban J connectivity index is 2.07. The lowest BCUT2D eigenvalue weighted by Gasteiger charge is -2.16. The van der Waals surface area contributed by atoms with Gasteiger partial charge in [-0.15, -0.1) is 11.3 Å². The van der Waals surface area contributed by atoms with Crippen LogP contribution in [0.15, 0.2) is 35.7 Å². The molecule has 0 saturated carbocycles. The van der Waals surface area contributed by atoms with Crippen LogP contribution in [0.4, 0.5) is 4.39 Å². The molecule has 3 nitrogen and oxygen atoms in total. The third-order valence-electron chi connectivity index (χ3n) is 2.84. The fourth-order valence-electron chi connectivity index (χ4n) is 1.85. The fourth-order valence-corrected chi connectivity index (χ4v) is 2.62. The van der Waals surface area contributed by atoms with Gasteiger partial charge in [0.05, 0.1) is 17.0 Å². The van der Waals surface area contributed by atoms with Gasteiger partial charge in [0, 0.05) is 13.6 Å². The molecule has 2 rings (SSSR count). The molecule has 0 atom stereocenters. The number of nitrogens with zero attached hydrogens (tertiary/aromatic N) is 1. The lowest BCUT2D eigenvalue weighted by atomic mass is 10.2. The van der Waals surface area contributed by atoms with Gasteiger partial charge in [-0.25, -0.2) is 4.39 Å². The van der Waals surface area contributed by atoms with Crippen molar-refractivity contribution in [3.63, 3.8) is 0 Å². The van der Waals surface area contributed by atoms with E-state index in [0.29, 0.717) is 13.1 Å². The summed E-state index contributed by atoms with van der Waals surface area (Å²) < 4.78 is 13.6. The highest BCUT2D eigenvalue weighted by Crippen LogP contribution is 2.17. The Kier molecular flexibility index (Phi) is 5.09. The van der Waals surface area contributed by atoms with Crippen molar-refractivity contribution in [2.75, 3.05) is 13.6 Å². The molecule has 5 heteroatoms. The number of hydrogen-bond acceptors (Lipinski definition) is 3. The Labute approximate surface area is 127 Å². The molecule has 2 aromatic rings. The number of thiophene rings is 1. The van der Waals surface area contributed by atoms with E-state index in [4.69, 9.17) is 5.73 Å². The third-order valence-corrected chi connectivity index (χ3v) is 3.73. The minimum atomic E-state index is -0.505. The quantitative estimate of drug-likeness (QED) is 0.885. The van der Waals surface area contributed by atoms with Gasteiger partial charge in [0.2, 0.25) is 0 Å². The minimum Gasteiger partial charge on any atom is -0.337 e. The summed E-state index contributed by atoms with van der Waals surface area (Å²) in [7, 11) is 1.65. The molecule has 1 amide bonds. The van der Waals surface area contributed by atoms with E-state index in [0.717, 1.165) is 10.4 Å². The first kappa shape index (κ1) is 15.2. The van der Waals surface area contributed by atoms with E-state index in [9.17, 15) is 9.18 Å². The number of rotatable bonds is 3. The van der Waals surface area contributed by atoms with Crippen molar-refractivity contribution in [2.45, 2.75) is 6.54 Å². The van der Waals surface area contributed by atoms with Gasteiger partial charge in [0.15, 0.2) is 0 Å². The Morgan fingerprint density at radius 2 is 2.19 bits per heavy atom. The predicted molar refractivity (Wildman–Crippen MR) is 82.4 cm³/mol. The zero-order chi connectivity index (χ0) is 15.2. The van der Waals surface area contributed by atoms with Crippen molar-refractivity contribution in [3.05, 3.63) is 57.5 Å². The van der Waals surface area contributed by atoms with Crippen LogP contribution in [-0.2, 0) is 6.54 Å². The average molecular weight is 302 g/mol. The standard InChI is InChI=1S/C16H15FN2OS/c1-19(16(20)14-6-2-3-7-15(14)17)10-12-9-13(21-11-12)5-4-8-18/h2-3,6-7,9,11H,8,10,18H2,1H3. The van der Waals surface area contributed by atoms with Gasteiger partial charge < -0.3 is 10.6 Å². The van der Waals surface area contributed by atoms with Gasteiger partial charge in [-0.2, -0.15) is 0 Å². The Hall–Kier alpha value is -2.16. The molecule has 1 aromatic carbocycles. The number of hydrogen-bond donors (Lipinski definition) is 1. The van der Waals surface area contributed by atoms with Crippen LogP contribution >= 0.6 is 11.3 Å². The number of amides is 1. The molecule has 0 spiro atoms. The maximum absolute atomic E-state index is 13.6. The van der Waals surface area contributed by atoms with Crippen molar-refractivity contribution < 1.29 is 9.18 Å². The Bertz CT molecular complexity index is 700. The van der Waals surface area contributed by atoms with Crippen LogP contribution < -0.4 is 5.73 Å². The number of benzene rings is 1. The summed E-state index contributed by atoms with van der Waals surface area (Å²) >= 11 is 1.50. The van der Waals surface area contributed by atoms with E-state index in [-0.39, 0.29) is 11.5 Å². The highest BCUT2D eigenvalue weighted by Gasteiger charge is 2.16. The van der Waals surface area contributed by atoms with Crippen molar-refractivity contribution in [1.29, 1.82) is 0 Å². The fraction of sp³-hybridized carbons (Fsp3) is 0.188. The smallest absolute Gasteiger partial charge is 0.256 e. The number of nitrogens with two attached hydrogens (primary N) is 1. The number of carbonyl (C=O) groups is 1. The van der Waals surface area contributed by atoms with Crippen molar-refractivity contribution in [1.82, 2.24) is 4.90 Å². The molecule has 0 radical (unpaired) electrons. The minimum absolute atomic E-state index is 0.0818. The second kappa shape index (κ2) is 7.02. The van der Waals surface area contributed by atoms with E-state index < -0.39 is 5.82 Å². The summed E-state index contributed by atoms with van der Waals surface area (Å²) in [6.07, 6.45) is 0. The SMILES string of the molecule is CN(Cc1csc(C#CCN)c1)C(=O)c1ccccc1F. The third kappa shape index (κ3) is 3.91.